The van der Waals surface area contributed by atoms with Crippen molar-refractivity contribution in [3.8, 4) is 5.75 Å². The molecule has 0 aliphatic heterocycles. The van der Waals surface area contributed by atoms with E-state index < -0.39 is 0 Å². The first-order valence-electron chi connectivity index (χ1n) is 6.89. The molecule has 0 fully saturated rings. The first-order chi connectivity index (χ1) is 9.95. The summed E-state index contributed by atoms with van der Waals surface area (Å²) in [5.41, 5.74) is 3.91. The molecule has 0 heterocycles. The number of anilines is 2. The van der Waals surface area contributed by atoms with Gasteiger partial charge in [-0.25, -0.2) is 0 Å². The fraction of sp³-hybridized carbons (Fsp3) is 0.235. The Morgan fingerprint density at radius 1 is 1.14 bits per heavy atom. The zero-order valence-electron chi connectivity index (χ0n) is 12.5. The van der Waals surface area contributed by atoms with Crippen LogP contribution in [0, 0.1) is 6.92 Å². The molecular weight excluding hydrogens is 264 g/mol. The first-order valence-corrected chi connectivity index (χ1v) is 6.89. The molecule has 4 nitrogen and oxygen atoms in total. The van der Waals surface area contributed by atoms with E-state index in [2.05, 4.69) is 17.6 Å². The maximum absolute atomic E-state index is 11.1. The van der Waals surface area contributed by atoms with Gasteiger partial charge in [-0.2, -0.15) is 0 Å². The molecule has 2 rings (SSSR count). The Bertz CT molecular complexity index is 636. The van der Waals surface area contributed by atoms with E-state index in [1.165, 1.54) is 6.92 Å². The highest BCUT2D eigenvalue weighted by atomic mass is 16.3. The molecule has 3 N–H and O–H groups in total. The van der Waals surface area contributed by atoms with Gasteiger partial charge in [0.05, 0.1) is 0 Å². The van der Waals surface area contributed by atoms with Crippen LogP contribution in [0.4, 0.5) is 11.4 Å². The van der Waals surface area contributed by atoms with Gasteiger partial charge in [0.15, 0.2) is 0 Å². The molecular formula is C17H20N2O2. The van der Waals surface area contributed by atoms with Crippen LogP contribution >= 0.6 is 0 Å². The lowest BCUT2D eigenvalue weighted by molar-refractivity contribution is -0.114. The van der Waals surface area contributed by atoms with E-state index in [0.717, 1.165) is 22.5 Å². The number of carbonyl (C=O) groups excluding carboxylic acids is 1. The molecule has 2 aromatic carbocycles. The molecule has 110 valence electrons. The Balaban J connectivity index is 2.10. The van der Waals surface area contributed by atoms with E-state index in [1.54, 1.807) is 12.1 Å². The third kappa shape index (κ3) is 3.99. The van der Waals surface area contributed by atoms with Crippen molar-refractivity contribution in [1.29, 1.82) is 0 Å². The van der Waals surface area contributed by atoms with Crippen LogP contribution in [0.15, 0.2) is 42.5 Å². The van der Waals surface area contributed by atoms with Crippen LogP contribution in [0.5, 0.6) is 5.75 Å². The average Bonchev–Trinajstić information content (AvgIpc) is 2.42. The van der Waals surface area contributed by atoms with Gasteiger partial charge in [-0.15, -0.1) is 0 Å². The molecule has 1 atom stereocenters. The number of aromatic hydroxyl groups is 1. The fourth-order valence-corrected chi connectivity index (χ4v) is 2.18. The van der Waals surface area contributed by atoms with E-state index in [4.69, 9.17) is 0 Å². The predicted octanol–water partition coefficient (Wildman–Crippen LogP) is 3.83. The minimum Gasteiger partial charge on any atom is -0.508 e. The van der Waals surface area contributed by atoms with E-state index in [0.29, 0.717) is 0 Å². The summed E-state index contributed by atoms with van der Waals surface area (Å²) in [4.78, 5) is 11.1. The first kappa shape index (κ1) is 14.9. The van der Waals surface area contributed by atoms with Gasteiger partial charge in [0, 0.05) is 24.3 Å². The Morgan fingerprint density at radius 2 is 1.81 bits per heavy atom. The Kier molecular flexibility index (Phi) is 4.48. The summed E-state index contributed by atoms with van der Waals surface area (Å²) in [6.07, 6.45) is 0. The molecule has 0 aromatic heterocycles. The smallest absolute Gasteiger partial charge is 0.221 e. The van der Waals surface area contributed by atoms with Crippen molar-refractivity contribution in [1.82, 2.24) is 0 Å². The lowest BCUT2D eigenvalue weighted by atomic mass is 10.1. The zero-order chi connectivity index (χ0) is 15.4. The molecule has 0 spiro atoms. The van der Waals surface area contributed by atoms with Crippen molar-refractivity contribution in [2.45, 2.75) is 26.8 Å². The van der Waals surface area contributed by atoms with Crippen molar-refractivity contribution in [2.24, 2.45) is 0 Å². The third-order valence-corrected chi connectivity index (χ3v) is 3.31. The number of hydrogen-bond donors (Lipinski definition) is 3. The molecule has 4 heteroatoms. The molecule has 21 heavy (non-hydrogen) atoms. The summed E-state index contributed by atoms with van der Waals surface area (Å²) < 4.78 is 0. The van der Waals surface area contributed by atoms with Crippen LogP contribution in [0.25, 0.3) is 0 Å². The number of nitrogens with one attached hydrogen (secondary N) is 2. The highest BCUT2D eigenvalue weighted by Crippen LogP contribution is 2.24. The summed E-state index contributed by atoms with van der Waals surface area (Å²) in [5.74, 6) is 0.192. The van der Waals surface area contributed by atoms with Gasteiger partial charge in [0.2, 0.25) is 5.91 Å². The van der Waals surface area contributed by atoms with Gasteiger partial charge in [-0.1, -0.05) is 12.1 Å². The van der Waals surface area contributed by atoms with Gasteiger partial charge in [0.25, 0.3) is 0 Å². The van der Waals surface area contributed by atoms with E-state index >= 15 is 0 Å². The third-order valence-electron chi connectivity index (χ3n) is 3.31. The lowest BCUT2D eigenvalue weighted by Gasteiger charge is -2.17. The second-order valence-corrected chi connectivity index (χ2v) is 5.17. The van der Waals surface area contributed by atoms with Gasteiger partial charge in [-0.3, -0.25) is 4.79 Å². The molecule has 0 saturated heterocycles. The van der Waals surface area contributed by atoms with Gasteiger partial charge >= 0.3 is 0 Å². The Morgan fingerprint density at radius 3 is 2.38 bits per heavy atom. The standard InChI is InChI=1S/C17H20N2O2/c1-11-10-15(6-9-17(11)19-13(3)20)18-12(2)14-4-7-16(21)8-5-14/h4-10,12,18,21H,1-3H3,(H,19,20). The van der Waals surface area contributed by atoms with Gasteiger partial charge in [0.1, 0.15) is 5.75 Å². The SMILES string of the molecule is CC(=O)Nc1ccc(NC(C)c2ccc(O)cc2)cc1C. The average molecular weight is 284 g/mol. The molecule has 0 bridgehead atoms. The van der Waals surface area contributed by atoms with E-state index in [1.807, 2.05) is 37.3 Å². The van der Waals surface area contributed by atoms with Crippen molar-refractivity contribution in [3.05, 3.63) is 53.6 Å². The number of amides is 1. The molecule has 2 aromatic rings. The van der Waals surface area contributed by atoms with E-state index in [-0.39, 0.29) is 17.7 Å². The molecule has 0 saturated carbocycles. The molecule has 1 unspecified atom stereocenters. The highest BCUT2D eigenvalue weighted by molar-refractivity contribution is 5.89. The summed E-state index contributed by atoms with van der Waals surface area (Å²) in [7, 11) is 0. The van der Waals surface area contributed by atoms with Crippen LogP contribution in [0.2, 0.25) is 0 Å². The summed E-state index contributed by atoms with van der Waals surface area (Å²) in [5, 5.41) is 15.5. The minimum atomic E-state index is -0.0729. The topological polar surface area (TPSA) is 61.4 Å². The fourth-order valence-electron chi connectivity index (χ4n) is 2.18. The number of rotatable bonds is 4. The van der Waals surface area contributed by atoms with Crippen molar-refractivity contribution in [2.75, 3.05) is 10.6 Å². The van der Waals surface area contributed by atoms with Crippen molar-refractivity contribution < 1.29 is 9.90 Å². The second kappa shape index (κ2) is 6.31. The number of aryl methyl sites for hydroxylation is 1. The zero-order valence-corrected chi connectivity index (χ0v) is 12.5. The predicted molar refractivity (Wildman–Crippen MR) is 85.6 cm³/mol. The largest absolute Gasteiger partial charge is 0.508 e. The number of hydrogen-bond acceptors (Lipinski definition) is 3. The quantitative estimate of drug-likeness (QED) is 0.799. The number of benzene rings is 2. The summed E-state index contributed by atoms with van der Waals surface area (Å²) in [6, 6.07) is 13.1. The van der Waals surface area contributed by atoms with Crippen molar-refractivity contribution in [3.63, 3.8) is 0 Å². The molecule has 1 amide bonds. The molecule has 0 radical (unpaired) electrons. The number of phenolic OH excluding ortho intramolecular Hbond substituents is 1. The maximum Gasteiger partial charge on any atom is 0.221 e. The lowest BCUT2D eigenvalue weighted by Crippen LogP contribution is -2.09. The van der Waals surface area contributed by atoms with Crippen molar-refractivity contribution >= 4 is 17.3 Å². The Hall–Kier alpha value is -2.49. The normalized spacial score (nSPS) is 11.8. The van der Waals surface area contributed by atoms with Gasteiger partial charge in [-0.05, 0) is 55.3 Å². The summed E-state index contributed by atoms with van der Waals surface area (Å²) >= 11 is 0. The number of phenols is 1. The van der Waals surface area contributed by atoms with Crippen LogP contribution < -0.4 is 10.6 Å². The van der Waals surface area contributed by atoms with Crippen LogP contribution in [-0.4, -0.2) is 11.0 Å². The summed E-state index contributed by atoms with van der Waals surface area (Å²) in [6.45, 7) is 5.52. The monoisotopic (exact) mass is 284 g/mol. The van der Waals surface area contributed by atoms with E-state index in [9.17, 15) is 9.90 Å². The molecule has 0 aliphatic carbocycles. The Labute approximate surface area is 124 Å². The van der Waals surface area contributed by atoms with Crippen LogP contribution in [0.1, 0.15) is 31.0 Å². The van der Waals surface area contributed by atoms with Crippen LogP contribution in [0.3, 0.4) is 0 Å². The van der Waals surface area contributed by atoms with Crippen LogP contribution in [-0.2, 0) is 4.79 Å². The van der Waals surface area contributed by atoms with Gasteiger partial charge < -0.3 is 15.7 Å². The minimum absolute atomic E-state index is 0.0729. The second-order valence-electron chi connectivity index (χ2n) is 5.17. The molecule has 0 aliphatic rings. The highest BCUT2D eigenvalue weighted by Gasteiger charge is 2.07. The maximum atomic E-state index is 11.1. The number of carbonyl (C=O) groups is 1.